The molecule has 0 saturated carbocycles. The van der Waals surface area contributed by atoms with E-state index in [9.17, 15) is 8.42 Å². The van der Waals surface area contributed by atoms with Gasteiger partial charge in [0.05, 0.1) is 0 Å². The molecule has 0 radical (unpaired) electrons. The van der Waals surface area contributed by atoms with Crippen molar-refractivity contribution in [2.24, 2.45) is 11.8 Å². The van der Waals surface area contributed by atoms with E-state index in [4.69, 9.17) is 0 Å². The molecule has 0 fully saturated rings. The van der Waals surface area contributed by atoms with Crippen molar-refractivity contribution in [3.63, 3.8) is 0 Å². The molecule has 0 aromatic heterocycles. The lowest BCUT2D eigenvalue weighted by Gasteiger charge is -2.18. The number of rotatable bonds is 8. The second-order valence-electron chi connectivity index (χ2n) is 4.83. The number of hydrogen-bond donors (Lipinski definition) is 1. The minimum absolute atomic E-state index is 0.325. The number of sulfone groups is 1. The molecule has 1 atom stereocenters. The summed E-state index contributed by atoms with van der Waals surface area (Å²) in [5.41, 5.74) is 0. The van der Waals surface area contributed by atoms with Gasteiger partial charge in [0.25, 0.3) is 0 Å². The molecule has 15 heavy (non-hydrogen) atoms. The quantitative estimate of drug-likeness (QED) is 0.696. The first-order chi connectivity index (χ1) is 6.85. The Morgan fingerprint density at radius 2 is 1.87 bits per heavy atom. The SMILES string of the molecule is CNCC(CCCS(C)(=O)=O)CC(C)C. The molecular formula is C11H25NO2S. The lowest BCUT2D eigenvalue weighted by molar-refractivity contribution is 0.373. The van der Waals surface area contributed by atoms with Crippen LogP contribution in [0.1, 0.15) is 33.1 Å². The van der Waals surface area contributed by atoms with Gasteiger partial charge in [-0.05, 0) is 44.7 Å². The summed E-state index contributed by atoms with van der Waals surface area (Å²) in [6.07, 6.45) is 4.27. The Balaban J connectivity index is 3.85. The molecule has 1 unspecified atom stereocenters. The largest absolute Gasteiger partial charge is 0.319 e. The molecule has 0 aliphatic heterocycles. The molecule has 0 spiro atoms. The maximum atomic E-state index is 11.0. The molecule has 0 aliphatic carbocycles. The van der Waals surface area contributed by atoms with Crippen LogP contribution < -0.4 is 5.32 Å². The smallest absolute Gasteiger partial charge is 0.147 e. The van der Waals surface area contributed by atoms with Crippen LogP contribution in [0.3, 0.4) is 0 Å². The molecule has 0 rings (SSSR count). The molecular weight excluding hydrogens is 210 g/mol. The first-order valence-corrected chi connectivity index (χ1v) is 7.73. The summed E-state index contributed by atoms with van der Waals surface area (Å²) >= 11 is 0. The van der Waals surface area contributed by atoms with Crippen LogP contribution in [0, 0.1) is 11.8 Å². The fourth-order valence-electron chi connectivity index (χ4n) is 1.89. The van der Waals surface area contributed by atoms with Crippen LogP contribution in [0.5, 0.6) is 0 Å². The Labute approximate surface area is 94.6 Å². The van der Waals surface area contributed by atoms with Gasteiger partial charge in [-0.15, -0.1) is 0 Å². The zero-order valence-corrected chi connectivity index (χ0v) is 11.2. The Bertz CT molecular complexity index is 247. The van der Waals surface area contributed by atoms with E-state index in [0.29, 0.717) is 17.6 Å². The highest BCUT2D eigenvalue weighted by atomic mass is 32.2. The van der Waals surface area contributed by atoms with Crippen LogP contribution in [0.2, 0.25) is 0 Å². The number of hydrogen-bond acceptors (Lipinski definition) is 3. The minimum Gasteiger partial charge on any atom is -0.319 e. The molecule has 0 aliphatic rings. The van der Waals surface area contributed by atoms with Crippen molar-refractivity contribution in [2.75, 3.05) is 25.6 Å². The zero-order valence-electron chi connectivity index (χ0n) is 10.4. The van der Waals surface area contributed by atoms with Crippen molar-refractivity contribution in [3.8, 4) is 0 Å². The van der Waals surface area contributed by atoms with Crippen LogP contribution in [0.15, 0.2) is 0 Å². The summed E-state index contributed by atoms with van der Waals surface area (Å²) in [6.45, 7) is 5.40. The lowest BCUT2D eigenvalue weighted by atomic mass is 9.93. The van der Waals surface area contributed by atoms with E-state index in [2.05, 4.69) is 19.2 Å². The Morgan fingerprint density at radius 1 is 1.27 bits per heavy atom. The maximum absolute atomic E-state index is 11.0. The minimum atomic E-state index is -2.78. The van der Waals surface area contributed by atoms with E-state index in [1.54, 1.807) is 0 Å². The summed E-state index contributed by atoms with van der Waals surface area (Å²) in [6, 6.07) is 0. The van der Waals surface area contributed by atoms with Gasteiger partial charge < -0.3 is 5.32 Å². The number of nitrogens with one attached hydrogen (secondary N) is 1. The third-order valence-corrected chi connectivity index (χ3v) is 3.46. The maximum Gasteiger partial charge on any atom is 0.147 e. The Morgan fingerprint density at radius 3 is 2.27 bits per heavy atom. The monoisotopic (exact) mass is 235 g/mol. The highest BCUT2D eigenvalue weighted by molar-refractivity contribution is 7.90. The van der Waals surface area contributed by atoms with Gasteiger partial charge in [-0.2, -0.15) is 0 Å². The summed E-state index contributed by atoms with van der Waals surface area (Å²) in [5.74, 6) is 1.61. The Kier molecular flexibility index (Phi) is 7.18. The van der Waals surface area contributed by atoms with Crippen LogP contribution >= 0.6 is 0 Å². The van der Waals surface area contributed by atoms with E-state index >= 15 is 0 Å². The molecule has 0 amide bonds. The highest BCUT2D eigenvalue weighted by Gasteiger charge is 2.11. The van der Waals surface area contributed by atoms with Crippen molar-refractivity contribution in [3.05, 3.63) is 0 Å². The first kappa shape index (κ1) is 14.9. The van der Waals surface area contributed by atoms with E-state index < -0.39 is 9.84 Å². The second kappa shape index (κ2) is 7.23. The molecule has 0 aromatic rings. The van der Waals surface area contributed by atoms with Crippen molar-refractivity contribution in [1.29, 1.82) is 0 Å². The topological polar surface area (TPSA) is 46.2 Å². The highest BCUT2D eigenvalue weighted by Crippen LogP contribution is 2.16. The van der Waals surface area contributed by atoms with Gasteiger partial charge in [-0.25, -0.2) is 8.42 Å². The predicted octanol–water partition coefficient (Wildman–Crippen LogP) is 1.69. The standard InChI is InChI=1S/C11H25NO2S/c1-10(2)8-11(9-12-3)6-5-7-15(4,13)14/h10-12H,5-9H2,1-4H3. The van der Waals surface area contributed by atoms with Gasteiger partial charge in [0.15, 0.2) is 0 Å². The van der Waals surface area contributed by atoms with Crippen molar-refractivity contribution >= 4 is 9.84 Å². The van der Waals surface area contributed by atoms with E-state index in [-0.39, 0.29) is 0 Å². The molecule has 4 heteroatoms. The average molecular weight is 235 g/mol. The van der Waals surface area contributed by atoms with E-state index in [1.807, 2.05) is 7.05 Å². The van der Waals surface area contributed by atoms with Gasteiger partial charge in [0.2, 0.25) is 0 Å². The molecule has 0 aromatic carbocycles. The average Bonchev–Trinajstić information content (AvgIpc) is 2.00. The van der Waals surface area contributed by atoms with Gasteiger partial charge in [-0.1, -0.05) is 13.8 Å². The molecule has 92 valence electrons. The summed E-state index contributed by atoms with van der Waals surface area (Å²) < 4.78 is 22.0. The van der Waals surface area contributed by atoms with Crippen molar-refractivity contribution in [1.82, 2.24) is 5.32 Å². The molecule has 0 bridgehead atoms. The molecule has 3 nitrogen and oxygen atoms in total. The normalized spacial score (nSPS) is 14.5. The van der Waals surface area contributed by atoms with Crippen LogP contribution in [0.4, 0.5) is 0 Å². The first-order valence-electron chi connectivity index (χ1n) is 5.67. The summed E-state index contributed by atoms with van der Waals surface area (Å²) in [4.78, 5) is 0. The lowest BCUT2D eigenvalue weighted by Crippen LogP contribution is -2.21. The predicted molar refractivity (Wildman–Crippen MR) is 65.8 cm³/mol. The fraction of sp³-hybridized carbons (Fsp3) is 1.00. The van der Waals surface area contributed by atoms with Crippen LogP contribution in [-0.2, 0) is 9.84 Å². The van der Waals surface area contributed by atoms with Crippen molar-refractivity contribution < 1.29 is 8.42 Å². The van der Waals surface area contributed by atoms with Crippen LogP contribution in [-0.4, -0.2) is 34.0 Å². The van der Waals surface area contributed by atoms with Gasteiger partial charge in [0, 0.05) is 12.0 Å². The fourth-order valence-corrected chi connectivity index (χ4v) is 2.58. The van der Waals surface area contributed by atoms with Crippen LogP contribution in [0.25, 0.3) is 0 Å². The Hall–Kier alpha value is -0.0900. The third-order valence-electron chi connectivity index (χ3n) is 2.43. The second-order valence-corrected chi connectivity index (χ2v) is 7.09. The van der Waals surface area contributed by atoms with Gasteiger partial charge >= 0.3 is 0 Å². The van der Waals surface area contributed by atoms with Gasteiger partial charge in [-0.3, -0.25) is 0 Å². The molecule has 1 N–H and O–H groups in total. The van der Waals surface area contributed by atoms with Crippen molar-refractivity contribution in [2.45, 2.75) is 33.1 Å². The zero-order chi connectivity index (χ0) is 11.9. The molecule has 0 saturated heterocycles. The van der Waals surface area contributed by atoms with E-state index in [0.717, 1.165) is 19.4 Å². The van der Waals surface area contributed by atoms with Gasteiger partial charge in [0.1, 0.15) is 9.84 Å². The summed E-state index contributed by atoms with van der Waals surface area (Å²) in [5, 5.41) is 3.17. The van der Waals surface area contributed by atoms with E-state index in [1.165, 1.54) is 12.7 Å². The third kappa shape index (κ3) is 10.2. The molecule has 0 heterocycles. The summed E-state index contributed by atoms with van der Waals surface area (Å²) in [7, 11) is -0.835.